The van der Waals surface area contributed by atoms with E-state index in [0.29, 0.717) is 17.9 Å². The Morgan fingerprint density at radius 1 is 1.14 bits per heavy atom. The summed E-state index contributed by atoms with van der Waals surface area (Å²) >= 11 is 6.83. The molecular weight excluding hydrogens is 378 g/mol. The number of nitrogens with one attached hydrogen (secondary N) is 1. The van der Waals surface area contributed by atoms with Crippen molar-refractivity contribution >= 4 is 17.3 Å². The number of halogens is 1. The van der Waals surface area contributed by atoms with Crippen LogP contribution in [0.25, 0.3) is 0 Å². The van der Waals surface area contributed by atoms with E-state index in [1.54, 1.807) is 5.57 Å². The topological polar surface area (TPSA) is 27.6 Å². The van der Waals surface area contributed by atoms with Crippen LogP contribution in [0, 0.1) is 11.8 Å². The standard InChI is InChI=1S/C25H26ClN3/c26-21-15-27-13-20-18-11-10-17(12-16-6-2-1-3-7-16)19-14-28-22-8-4-5-9-23(22)29(24(18)19)25(20)21/h1-4,6-8,13,17-18,23,27H,5,9-12,14-15H2. The highest BCUT2D eigenvalue weighted by atomic mass is 35.5. The van der Waals surface area contributed by atoms with Crippen LogP contribution in [0.1, 0.15) is 31.2 Å². The van der Waals surface area contributed by atoms with Crippen molar-refractivity contribution < 1.29 is 0 Å². The maximum Gasteiger partial charge on any atom is 0.0758 e. The molecule has 4 heteroatoms. The second-order valence-electron chi connectivity index (χ2n) is 8.77. The van der Waals surface area contributed by atoms with Crippen molar-refractivity contribution in [1.29, 1.82) is 0 Å². The zero-order chi connectivity index (χ0) is 19.4. The summed E-state index contributed by atoms with van der Waals surface area (Å²) < 4.78 is 0. The number of hydrogen-bond acceptors (Lipinski definition) is 3. The van der Waals surface area contributed by atoms with Crippen LogP contribution in [-0.4, -0.2) is 29.7 Å². The van der Waals surface area contributed by atoms with Crippen LogP contribution >= 0.6 is 11.6 Å². The first-order valence-corrected chi connectivity index (χ1v) is 11.3. The van der Waals surface area contributed by atoms with Gasteiger partial charge in [-0.1, -0.05) is 48.0 Å². The lowest BCUT2D eigenvalue weighted by molar-refractivity contribution is 0.340. The Bertz CT molecular complexity index is 998. The number of allylic oxidation sites excluding steroid dienone is 3. The van der Waals surface area contributed by atoms with Gasteiger partial charge in [0.25, 0.3) is 0 Å². The third kappa shape index (κ3) is 2.74. The zero-order valence-electron chi connectivity index (χ0n) is 16.6. The zero-order valence-corrected chi connectivity index (χ0v) is 17.3. The van der Waals surface area contributed by atoms with Crippen LogP contribution in [0.5, 0.6) is 0 Å². The number of rotatable bonds is 2. The molecule has 0 amide bonds. The fourth-order valence-corrected chi connectivity index (χ4v) is 6.20. The second kappa shape index (κ2) is 6.91. The van der Waals surface area contributed by atoms with Gasteiger partial charge >= 0.3 is 0 Å². The van der Waals surface area contributed by atoms with E-state index in [4.69, 9.17) is 16.6 Å². The molecule has 6 rings (SSSR count). The minimum atomic E-state index is 0.332. The van der Waals surface area contributed by atoms with Crippen molar-refractivity contribution in [3.63, 3.8) is 0 Å². The molecular formula is C25H26ClN3. The van der Waals surface area contributed by atoms with E-state index in [-0.39, 0.29) is 0 Å². The average Bonchev–Trinajstić information content (AvgIpc) is 2.99. The third-order valence-corrected chi connectivity index (χ3v) is 7.49. The van der Waals surface area contributed by atoms with Gasteiger partial charge in [0, 0.05) is 23.4 Å². The Morgan fingerprint density at radius 2 is 2.03 bits per heavy atom. The molecule has 0 bridgehead atoms. The van der Waals surface area contributed by atoms with E-state index >= 15 is 0 Å². The fraction of sp³-hybridized carbons (Fsp3) is 0.400. The molecule has 3 unspecified atom stereocenters. The summed E-state index contributed by atoms with van der Waals surface area (Å²) in [5, 5.41) is 4.37. The van der Waals surface area contributed by atoms with Gasteiger partial charge in [0.2, 0.25) is 0 Å². The van der Waals surface area contributed by atoms with Crippen molar-refractivity contribution in [2.75, 3.05) is 13.1 Å². The molecule has 2 aliphatic carbocycles. The van der Waals surface area contributed by atoms with Crippen molar-refractivity contribution in [1.82, 2.24) is 10.2 Å². The molecule has 3 aliphatic heterocycles. The summed E-state index contributed by atoms with van der Waals surface area (Å²) in [6.45, 7) is 1.57. The summed E-state index contributed by atoms with van der Waals surface area (Å²) in [6, 6.07) is 11.3. The van der Waals surface area contributed by atoms with Crippen molar-refractivity contribution in [2.45, 2.75) is 38.1 Å². The first kappa shape index (κ1) is 17.6. The molecule has 3 nitrogen and oxygen atoms in total. The molecule has 0 spiro atoms. The third-order valence-electron chi connectivity index (χ3n) is 7.18. The van der Waals surface area contributed by atoms with E-state index in [2.05, 4.69) is 58.9 Å². The predicted octanol–water partition coefficient (Wildman–Crippen LogP) is 4.94. The van der Waals surface area contributed by atoms with Gasteiger partial charge in [-0.15, -0.1) is 0 Å². The van der Waals surface area contributed by atoms with Crippen LogP contribution in [0.4, 0.5) is 0 Å². The lowest BCUT2D eigenvalue weighted by Crippen LogP contribution is -2.39. The minimum Gasteiger partial charge on any atom is -0.386 e. The number of hydrogen-bond donors (Lipinski definition) is 1. The van der Waals surface area contributed by atoms with E-state index in [0.717, 1.165) is 37.4 Å². The molecule has 5 aliphatic rings. The maximum atomic E-state index is 6.83. The fourth-order valence-electron chi connectivity index (χ4n) is 5.92. The molecule has 0 saturated carbocycles. The Kier molecular flexibility index (Phi) is 4.19. The Morgan fingerprint density at radius 3 is 2.93 bits per heavy atom. The smallest absolute Gasteiger partial charge is 0.0758 e. The van der Waals surface area contributed by atoms with Gasteiger partial charge in [0.1, 0.15) is 0 Å². The number of benzene rings is 1. The molecule has 1 aromatic rings. The lowest BCUT2D eigenvalue weighted by Gasteiger charge is -2.37. The SMILES string of the molecule is ClC1=C2C(=CNC1)C1CCC(Cc3ccccc3)C3=C1N2C1CCC=CC1=NC3. The van der Waals surface area contributed by atoms with Crippen LogP contribution in [0.15, 0.2) is 81.2 Å². The second-order valence-corrected chi connectivity index (χ2v) is 9.22. The van der Waals surface area contributed by atoms with Crippen LogP contribution in [-0.2, 0) is 6.42 Å². The first-order chi connectivity index (χ1) is 14.3. The van der Waals surface area contributed by atoms with E-state index in [9.17, 15) is 0 Å². The molecule has 0 aromatic heterocycles. The van der Waals surface area contributed by atoms with E-state index < -0.39 is 0 Å². The van der Waals surface area contributed by atoms with Gasteiger partial charge in [0.15, 0.2) is 0 Å². The summed E-state index contributed by atoms with van der Waals surface area (Å²) in [4.78, 5) is 7.74. The van der Waals surface area contributed by atoms with Crippen molar-refractivity contribution in [3.05, 3.63) is 81.8 Å². The number of fused-ring (bicyclic) bond motifs is 5. The van der Waals surface area contributed by atoms with Gasteiger partial charge in [-0.2, -0.15) is 0 Å². The molecule has 1 fully saturated rings. The Labute approximate surface area is 177 Å². The highest BCUT2D eigenvalue weighted by Gasteiger charge is 2.48. The molecule has 1 N–H and O–H groups in total. The number of nitrogens with zero attached hydrogens (tertiary/aromatic N) is 2. The quantitative estimate of drug-likeness (QED) is 0.757. The Balaban J connectivity index is 1.50. The normalized spacial score (nSPS) is 30.1. The summed E-state index contributed by atoms with van der Waals surface area (Å²) in [6.07, 6.45) is 12.5. The summed E-state index contributed by atoms with van der Waals surface area (Å²) in [7, 11) is 0. The lowest BCUT2D eigenvalue weighted by atomic mass is 9.76. The molecule has 29 heavy (non-hydrogen) atoms. The highest BCUT2D eigenvalue weighted by molar-refractivity contribution is 6.30. The van der Waals surface area contributed by atoms with Gasteiger partial charge in [-0.05, 0) is 55.2 Å². The molecule has 1 saturated heterocycles. The molecule has 0 radical (unpaired) electrons. The summed E-state index contributed by atoms with van der Waals surface area (Å²) in [5.41, 5.74) is 8.42. The maximum absolute atomic E-state index is 6.83. The number of aliphatic imine (C=N–C) groups is 1. The van der Waals surface area contributed by atoms with Crippen LogP contribution in [0.3, 0.4) is 0 Å². The van der Waals surface area contributed by atoms with E-state index in [1.807, 2.05) is 0 Å². The molecule has 3 heterocycles. The van der Waals surface area contributed by atoms with Gasteiger partial charge in [-0.25, -0.2) is 0 Å². The molecule has 3 atom stereocenters. The minimum absolute atomic E-state index is 0.332. The molecule has 1 aromatic carbocycles. The predicted molar refractivity (Wildman–Crippen MR) is 119 cm³/mol. The highest BCUT2D eigenvalue weighted by Crippen LogP contribution is 2.54. The van der Waals surface area contributed by atoms with Gasteiger partial charge in [0.05, 0.1) is 35.6 Å². The van der Waals surface area contributed by atoms with Crippen LogP contribution < -0.4 is 5.32 Å². The van der Waals surface area contributed by atoms with Gasteiger partial charge < -0.3 is 10.2 Å². The van der Waals surface area contributed by atoms with Gasteiger partial charge in [-0.3, -0.25) is 4.99 Å². The molecule has 148 valence electrons. The van der Waals surface area contributed by atoms with Crippen molar-refractivity contribution in [2.24, 2.45) is 16.8 Å². The van der Waals surface area contributed by atoms with Crippen molar-refractivity contribution in [3.8, 4) is 0 Å². The largest absolute Gasteiger partial charge is 0.386 e. The first-order valence-electron chi connectivity index (χ1n) is 10.9. The monoisotopic (exact) mass is 403 g/mol. The Hall–Kier alpha value is -2.26. The van der Waals surface area contributed by atoms with Crippen LogP contribution in [0.2, 0.25) is 0 Å². The van der Waals surface area contributed by atoms with E-state index in [1.165, 1.54) is 41.1 Å². The average molecular weight is 404 g/mol. The number of dihydropyridines is 1. The summed E-state index contributed by atoms with van der Waals surface area (Å²) in [5.74, 6) is 1.03.